The minimum absolute atomic E-state index is 0.0288. The Balaban J connectivity index is 1.79. The summed E-state index contributed by atoms with van der Waals surface area (Å²) in [4.78, 5) is 8.71. The molecule has 132 valence electrons. The number of aromatic nitrogens is 2. The van der Waals surface area contributed by atoms with Crippen molar-refractivity contribution in [2.24, 2.45) is 4.99 Å². The third kappa shape index (κ3) is 5.84. The summed E-state index contributed by atoms with van der Waals surface area (Å²) in [7, 11) is -1.24. The third-order valence-electron chi connectivity index (χ3n) is 3.62. The van der Waals surface area contributed by atoms with Crippen molar-refractivity contribution < 1.29 is 8.42 Å². The topological polar surface area (TPSA) is 87.9 Å². The molecule has 24 heavy (non-hydrogen) atoms. The molecule has 2 heterocycles. The molecule has 8 heteroatoms. The van der Waals surface area contributed by atoms with E-state index in [0.29, 0.717) is 18.9 Å². The number of nitrogens with one attached hydrogen (secondary N) is 2. The van der Waals surface area contributed by atoms with Crippen LogP contribution in [0.25, 0.3) is 5.65 Å². The first kappa shape index (κ1) is 18.3. The molecule has 1 atom stereocenters. The Morgan fingerprint density at radius 1 is 1.42 bits per heavy atom. The van der Waals surface area contributed by atoms with Crippen molar-refractivity contribution in [3.8, 4) is 0 Å². The first-order chi connectivity index (χ1) is 11.4. The van der Waals surface area contributed by atoms with E-state index < -0.39 is 9.84 Å². The van der Waals surface area contributed by atoms with Crippen molar-refractivity contribution >= 4 is 21.4 Å². The van der Waals surface area contributed by atoms with E-state index in [2.05, 4.69) is 20.6 Å². The highest BCUT2D eigenvalue weighted by molar-refractivity contribution is 7.90. The van der Waals surface area contributed by atoms with Crippen LogP contribution in [-0.4, -0.2) is 55.4 Å². The Bertz CT molecular complexity index is 765. The second-order valence-corrected chi connectivity index (χ2v) is 8.17. The van der Waals surface area contributed by atoms with Gasteiger partial charge in [0, 0.05) is 44.7 Å². The van der Waals surface area contributed by atoms with Crippen molar-refractivity contribution in [2.45, 2.75) is 25.8 Å². The highest BCUT2D eigenvalue weighted by Crippen LogP contribution is 2.04. The smallest absolute Gasteiger partial charge is 0.191 e. The second kappa shape index (κ2) is 8.14. The molecule has 2 aromatic rings. The Hall–Kier alpha value is -2.09. The maximum atomic E-state index is 11.2. The van der Waals surface area contributed by atoms with Gasteiger partial charge in [-0.3, -0.25) is 4.99 Å². The molecule has 0 aliphatic heterocycles. The average Bonchev–Trinajstić information content (AvgIpc) is 2.94. The van der Waals surface area contributed by atoms with Gasteiger partial charge in [0.2, 0.25) is 0 Å². The largest absolute Gasteiger partial charge is 0.356 e. The molecule has 0 saturated heterocycles. The molecule has 0 aliphatic carbocycles. The van der Waals surface area contributed by atoms with Gasteiger partial charge < -0.3 is 15.0 Å². The number of rotatable bonds is 7. The van der Waals surface area contributed by atoms with E-state index in [-0.39, 0.29) is 11.8 Å². The van der Waals surface area contributed by atoms with Crippen LogP contribution >= 0.6 is 0 Å². The van der Waals surface area contributed by atoms with E-state index in [0.717, 1.165) is 17.8 Å². The molecule has 0 radical (unpaired) electrons. The van der Waals surface area contributed by atoms with Crippen LogP contribution in [0, 0.1) is 0 Å². The van der Waals surface area contributed by atoms with E-state index in [9.17, 15) is 8.42 Å². The molecular formula is C16H25N5O2S. The molecule has 2 aromatic heterocycles. The van der Waals surface area contributed by atoms with E-state index in [4.69, 9.17) is 0 Å². The molecule has 2 N–H and O–H groups in total. The lowest BCUT2D eigenvalue weighted by Gasteiger charge is -2.17. The van der Waals surface area contributed by atoms with Crippen molar-refractivity contribution in [1.29, 1.82) is 0 Å². The molecule has 2 rings (SSSR count). The Kier molecular flexibility index (Phi) is 6.19. The number of guanidine groups is 1. The number of nitrogens with zero attached hydrogens (tertiary/aromatic N) is 3. The quantitative estimate of drug-likeness (QED) is 0.571. The molecule has 0 fully saturated rings. The maximum Gasteiger partial charge on any atom is 0.191 e. The van der Waals surface area contributed by atoms with Crippen LogP contribution in [0.5, 0.6) is 0 Å². The minimum atomic E-state index is -2.94. The molecule has 0 spiro atoms. The monoisotopic (exact) mass is 351 g/mol. The number of pyridine rings is 1. The molecule has 7 nitrogen and oxygen atoms in total. The maximum absolute atomic E-state index is 11.2. The lowest BCUT2D eigenvalue weighted by molar-refractivity contribution is 0.581. The number of hydrogen-bond donors (Lipinski definition) is 2. The second-order valence-electron chi connectivity index (χ2n) is 5.91. The van der Waals surface area contributed by atoms with Gasteiger partial charge in [-0.05, 0) is 25.5 Å². The standard InChI is InChI=1S/C16H25N5O2S/c1-13(8-11-24(3,22)23)19-16(17-2)18-9-7-14-12-21-10-5-4-6-15(21)20-14/h4-6,10,12-13H,7-9,11H2,1-3H3,(H2,17,18,19). The fourth-order valence-electron chi connectivity index (χ4n) is 2.31. The van der Waals surface area contributed by atoms with Crippen molar-refractivity contribution in [1.82, 2.24) is 20.0 Å². The van der Waals surface area contributed by atoms with Gasteiger partial charge in [-0.1, -0.05) is 6.07 Å². The predicted octanol–water partition coefficient (Wildman–Crippen LogP) is 0.865. The van der Waals surface area contributed by atoms with Crippen molar-refractivity contribution in [3.63, 3.8) is 0 Å². The van der Waals surface area contributed by atoms with Crippen LogP contribution < -0.4 is 10.6 Å². The Morgan fingerprint density at radius 2 is 2.21 bits per heavy atom. The van der Waals surface area contributed by atoms with Gasteiger partial charge in [-0.15, -0.1) is 0 Å². The van der Waals surface area contributed by atoms with Gasteiger partial charge in [0.05, 0.1) is 11.4 Å². The first-order valence-corrected chi connectivity index (χ1v) is 10.0. The van der Waals surface area contributed by atoms with Crippen LogP contribution in [0.3, 0.4) is 0 Å². The van der Waals surface area contributed by atoms with Crippen LogP contribution in [0.2, 0.25) is 0 Å². The van der Waals surface area contributed by atoms with E-state index in [1.54, 1.807) is 7.05 Å². The molecule has 0 aliphatic rings. The number of imidazole rings is 1. The number of fused-ring (bicyclic) bond motifs is 1. The fraction of sp³-hybridized carbons (Fsp3) is 0.500. The van der Waals surface area contributed by atoms with Crippen LogP contribution in [-0.2, 0) is 16.3 Å². The zero-order chi connectivity index (χ0) is 17.6. The number of aliphatic imine (C=N–C) groups is 1. The normalized spacial score (nSPS) is 13.9. The highest BCUT2D eigenvalue weighted by atomic mass is 32.2. The average molecular weight is 351 g/mol. The van der Waals surface area contributed by atoms with Crippen LogP contribution in [0.15, 0.2) is 35.6 Å². The summed E-state index contributed by atoms with van der Waals surface area (Å²) in [5.74, 6) is 0.833. The van der Waals surface area contributed by atoms with Gasteiger partial charge in [-0.2, -0.15) is 0 Å². The molecule has 0 amide bonds. The molecule has 0 saturated carbocycles. The molecule has 1 unspecified atom stereocenters. The molecular weight excluding hydrogens is 326 g/mol. The van der Waals surface area contributed by atoms with Gasteiger partial charge in [0.15, 0.2) is 5.96 Å². The Morgan fingerprint density at radius 3 is 2.88 bits per heavy atom. The van der Waals surface area contributed by atoms with Crippen LogP contribution in [0.4, 0.5) is 0 Å². The van der Waals surface area contributed by atoms with Crippen molar-refractivity contribution in [2.75, 3.05) is 25.6 Å². The molecule has 0 aromatic carbocycles. The van der Waals surface area contributed by atoms with E-state index >= 15 is 0 Å². The summed E-state index contributed by atoms with van der Waals surface area (Å²) in [6.45, 7) is 2.64. The SMILES string of the molecule is CN=C(NCCc1cn2ccccc2n1)NC(C)CCS(C)(=O)=O. The zero-order valence-electron chi connectivity index (χ0n) is 14.4. The van der Waals surface area contributed by atoms with Gasteiger partial charge in [-0.25, -0.2) is 13.4 Å². The summed E-state index contributed by atoms with van der Waals surface area (Å²) in [5.41, 5.74) is 1.94. The van der Waals surface area contributed by atoms with Crippen LogP contribution in [0.1, 0.15) is 19.0 Å². The van der Waals surface area contributed by atoms with Gasteiger partial charge in [0.25, 0.3) is 0 Å². The summed E-state index contributed by atoms with van der Waals surface area (Å²) >= 11 is 0. The minimum Gasteiger partial charge on any atom is -0.356 e. The van der Waals surface area contributed by atoms with Gasteiger partial charge in [0.1, 0.15) is 15.5 Å². The first-order valence-electron chi connectivity index (χ1n) is 7.95. The third-order valence-corrected chi connectivity index (χ3v) is 4.59. The number of sulfone groups is 1. The summed E-state index contributed by atoms with van der Waals surface area (Å²) in [6, 6.07) is 5.94. The van der Waals surface area contributed by atoms with Crippen molar-refractivity contribution in [3.05, 3.63) is 36.3 Å². The fourth-order valence-corrected chi connectivity index (χ4v) is 3.09. The van der Waals surface area contributed by atoms with Gasteiger partial charge >= 0.3 is 0 Å². The number of hydrogen-bond acceptors (Lipinski definition) is 4. The lowest BCUT2D eigenvalue weighted by atomic mass is 10.2. The predicted molar refractivity (Wildman–Crippen MR) is 97.2 cm³/mol. The highest BCUT2D eigenvalue weighted by Gasteiger charge is 2.09. The molecule has 0 bridgehead atoms. The lowest BCUT2D eigenvalue weighted by Crippen LogP contribution is -2.43. The Labute approximate surface area is 143 Å². The zero-order valence-corrected chi connectivity index (χ0v) is 15.2. The summed E-state index contributed by atoms with van der Waals surface area (Å²) in [6.07, 6.45) is 6.57. The van der Waals surface area contributed by atoms with E-state index in [1.165, 1.54) is 6.26 Å². The van der Waals surface area contributed by atoms with E-state index in [1.807, 2.05) is 41.9 Å². The summed E-state index contributed by atoms with van der Waals surface area (Å²) < 4.78 is 24.4. The summed E-state index contributed by atoms with van der Waals surface area (Å²) in [5, 5.41) is 6.43.